The van der Waals surface area contributed by atoms with Gasteiger partial charge in [0.15, 0.2) is 0 Å². The molecule has 0 radical (unpaired) electrons. The summed E-state index contributed by atoms with van der Waals surface area (Å²) >= 11 is 3.62. The highest BCUT2D eigenvalue weighted by Gasteiger charge is 2.49. The predicted molar refractivity (Wildman–Crippen MR) is 95.3 cm³/mol. The average molecular weight is 371 g/mol. The Kier molecular flexibility index (Phi) is 3.74. The summed E-state index contributed by atoms with van der Waals surface area (Å²) in [6.45, 7) is 3.05. The van der Waals surface area contributed by atoms with Crippen LogP contribution in [-0.4, -0.2) is 23.5 Å². The van der Waals surface area contributed by atoms with Gasteiger partial charge in [-0.3, -0.25) is 14.6 Å². The number of benzene rings is 2. The van der Waals surface area contributed by atoms with Crippen LogP contribution in [0.1, 0.15) is 30.0 Å². The smallest absolute Gasteiger partial charge is 0.250 e. The molecule has 1 amide bonds. The lowest BCUT2D eigenvalue weighted by molar-refractivity contribution is -0.119. The number of hydrogen-bond donors (Lipinski definition) is 0. The summed E-state index contributed by atoms with van der Waals surface area (Å²) in [6.07, 6.45) is 2.37. The van der Waals surface area contributed by atoms with Crippen LogP contribution < -0.4 is 4.90 Å². The molecule has 0 saturated carbocycles. The summed E-state index contributed by atoms with van der Waals surface area (Å²) in [5.74, 6) is 0.186. The Morgan fingerprint density at radius 2 is 1.83 bits per heavy atom. The van der Waals surface area contributed by atoms with Gasteiger partial charge in [-0.2, -0.15) is 0 Å². The van der Waals surface area contributed by atoms with Crippen LogP contribution in [0.5, 0.6) is 0 Å². The Bertz CT molecular complexity index is 743. The van der Waals surface area contributed by atoms with Crippen LogP contribution in [0.15, 0.2) is 53.0 Å². The van der Waals surface area contributed by atoms with Gasteiger partial charge in [-0.25, -0.2) is 0 Å². The monoisotopic (exact) mass is 370 g/mol. The first kappa shape index (κ1) is 14.9. The minimum Gasteiger partial charge on any atom is -0.294 e. The van der Waals surface area contributed by atoms with Crippen LogP contribution >= 0.6 is 15.9 Å². The van der Waals surface area contributed by atoms with Gasteiger partial charge >= 0.3 is 0 Å². The van der Waals surface area contributed by atoms with Crippen molar-refractivity contribution in [3.05, 3.63) is 64.1 Å². The van der Waals surface area contributed by atoms with Crippen molar-refractivity contribution in [1.82, 2.24) is 4.90 Å². The number of fused-ring (bicyclic) bond motifs is 1. The fraction of sp³-hybridized carbons (Fsp3) is 0.316. The maximum absolute atomic E-state index is 13.2. The van der Waals surface area contributed by atoms with Crippen molar-refractivity contribution < 1.29 is 4.79 Å². The molecule has 2 atom stereocenters. The number of halogens is 1. The molecule has 2 aromatic rings. The van der Waals surface area contributed by atoms with Crippen molar-refractivity contribution in [2.24, 2.45) is 0 Å². The third-order valence-electron chi connectivity index (χ3n) is 4.87. The number of aryl methyl sites for hydroxylation is 1. The van der Waals surface area contributed by atoms with Gasteiger partial charge in [0.1, 0.15) is 6.04 Å². The van der Waals surface area contributed by atoms with Crippen molar-refractivity contribution in [3.8, 4) is 0 Å². The van der Waals surface area contributed by atoms with E-state index in [1.165, 1.54) is 5.56 Å². The second kappa shape index (κ2) is 5.77. The van der Waals surface area contributed by atoms with Gasteiger partial charge in [0.05, 0.1) is 6.17 Å². The van der Waals surface area contributed by atoms with Crippen LogP contribution in [0.4, 0.5) is 5.69 Å². The van der Waals surface area contributed by atoms with Crippen LogP contribution in [0, 0.1) is 6.92 Å². The van der Waals surface area contributed by atoms with Gasteiger partial charge in [0, 0.05) is 16.7 Å². The Morgan fingerprint density at radius 3 is 2.57 bits per heavy atom. The molecule has 4 rings (SSSR count). The zero-order valence-corrected chi connectivity index (χ0v) is 14.7. The summed E-state index contributed by atoms with van der Waals surface area (Å²) < 4.78 is 1.01. The lowest BCUT2D eigenvalue weighted by Crippen LogP contribution is -2.35. The summed E-state index contributed by atoms with van der Waals surface area (Å²) in [5.41, 5.74) is 3.29. The Hall–Kier alpha value is -1.65. The molecule has 0 bridgehead atoms. The maximum Gasteiger partial charge on any atom is 0.250 e. The van der Waals surface area contributed by atoms with Gasteiger partial charge in [-0.15, -0.1) is 0 Å². The van der Waals surface area contributed by atoms with Crippen molar-refractivity contribution in [2.45, 2.75) is 32.0 Å². The molecular formula is C19H19BrN2O. The second-order valence-corrected chi connectivity index (χ2v) is 7.18. The molecule has 0 aromatic heterocycles. The molecule has 0 aliphatic carbocycles. The maximum atomic E-state index is 13.2. The van der Waals surface area contributed by atoms with Crippen molar-refractivity contribution >= 4 is 27.5 Å². The molecule has 2 aromatic carbocycles. The molecule has 0 N–H and O–H groups in total. The minimum absolute atomic E-state index is 0.181. The standard InChI is InChI=1S/C19H19BrN2O/c1-13-8-10-14(11-9-13)22-17-7-4-12-21(17)18(19(22)23)15-5-2-3-6-16(15)20/h2-3,5-6,8-11,17-18H,4,7,12H2,1H3/t17-,18+/m0/s1. The largest absolute Gasteiger partial charge is 0.294 e. The third-order valence-corrected chi connectivity index (χ3v) is 5.60. The van der Waals surface area contributed by atoms with E-state index in [9.17, 15) is 4.79 Å². The fourth-order valence-electron chi connectivity index (χ4n) is 3.78. The van der Waals surface area contributed by atoms with Crippen LogP contribution in [0.25, 0.3) is 0 Å². The number of anilines is 1. The van der Waals surface area contributed by atoms with Crippen LogP contribution in [0.3, 0.4) is 0 Å². The third kappa shape index (κ3) is 2.41. The summed E-state index contributed by atoms with van der Waals surface area (Å²) in [4.78, 5) is 17.6. The number of carbonyl (C=O) groups excluding carboxylic acids is 1. The van der Waals surface area contributed by atoms with Gasteiger partial charge in [-0.1, -0.05) is 51.8 Å². The van der Waals surface area contributed by atoms with E-state index in [0.29, 0.717) is 0 Å². The number of amides is 1. The first-order chi connectivity index (χ1) is 11.2. The van der Waals surface area contributed by atoms with E-state index in [1.54, 1.807) is 0 Å². The molecular weight excluding hydrogens is 352 g/mol. The first-order valence-electron chi connectivity index (χ1n) is 8.07. The molecule has 0 unspecified atom stereocenters. The molecule has 0 spiro atoms. The summed E-state index contributed by atoms with van der Waals surface area (Å²) in [5, 5.41) is 0. The number of rotatable bonds is 2. The van der Waals surface area contributed by atoms with Crippen molar-refractivity contribution in [2.75, 3.05) is 11.4 Å². The lowest BCUT2D eigenvalue weighted by atomic mass is 10.1. The minimum atomic E-state index is -0.181. The lowest BCUT2D eigenvalue weighted by Gasteiger charge is -2.24. The number of nitrogens with zero attached hydrogens (tertiary/aromatic N) is 2. The van der Waals surface area contributed by atoms with Crippen molar-refractivity contribution in [1.29, 1.82) is 0 Å². The van der Waals surface area contributed by atoms with E-state index in [0.717, 1.165) is 35.1 Å². The molecule has 118 valence electrons. The van der Waals surface area contributed by atoms with Gasteiger partial charge in [0.2, 0.25) is 5.91 Å². The molecule has 4 heteroatoms. The molecule has 3 nitrogen and oxygen atoms in total. The highest BCUT2D eigenvalue weighted by Crippen LogP contribution is 2.43. The highest BCUT2D eigenvalue weighted by molar-refractivity contribution is 9.10. The molecule has 2 aliphatic rings. The second-order valence-electron chi connectivity index (χ2n) is 6.33. The Labute approximate surface area is 145 Å². The highest BCUT2D eigenvalue weighted by atomic mass is 79.9. The molecule has 2 saturated heterocycles. The van der Waals surface area contributed by atoms with Gasteiger partial charge < -0.3 is 0 Å². The van der Waals surface area contributed by atoms with E-state index in [1.807, 2.05) is 23.1 Å². The van der Waals surface area contributed by atoms with Crippen LogP contribution in [-0.2, 0) is 4.79 Å². The van der Waals surface area contributed by atoms with Crippen LogP contribution in [0.2, 0.25) is 0 Å². The predicted octanol–water partition coefficient (Wildman–Crippen LogP) is 4.27. The molecule has 2 heterocycles. The Balaban J connectivity index is 1.77. The normalized spacial score (nSPS) is 24.3. The first-order valence-corrected chi connectivity index (χ1v) is 8.86. The van der Waals surface area contributed by atoms with E-state index in [-0.39, 0.29) is 18.1 Å². The SMILES string of the molecule is Cc1ccc(N2C(=O)[C@@H](c3ccccc3Br)N3CCC[C@H]23)cc1. The molecule has 23 heavy (non-hydrogen) atoms. The van der Waals surface area contributed by atoms with E-state index < -0.39 is 0 Å². The molecule has 2 aliphatic heterocycles. The van der Waals surface area contributed by atoms with Gasteiger partial charge in [-0.05, 0) is 43.5 Å². The summed E-state index contributed by atoms with van der Waals surface area (Å²) in [7, 11) is 0. The van der Waals surface area contributed by atoms with E-state index in [4.69, 9.17) is 0 Å². The topological polar surface area (TPSA) is 23.6 Å². The van der Waals surface area contributed by atoms with Gasteiger partial charge in [0.25, 0.3) is 0 Å². The quantitative estimate of drug-likeness (QED) is 0.787. The van der Waals surface area contributed by atoms with Crippen molar-refractivity contribution in [3.63, 3.8) is 0 Å². The zero-order valence-electron chi connectivity index (χ0n) is 13.1. The number of carbonyl (C=O) groups is 1. The summed E-state index contributed by atoms with van der Waals surface area (Å²) in [6, 6.07) is 16.2. The number of hydrogen-bond acceptors (Lipinski definition) is 2. The molecule has 2 fully saturated rings. The van der Waals surface area contributed by atoms with E-state index in [2.05, 4.69) is 58.1 Å². The van der Waals surface area contributed by atoms with E-state index >= 15 is 0 Å². The zero-order chi connectivity index (χ0) is 16.0. The fourth-order valence-corrected chi connectivity index (χ4v) is 4.29. The Morgan fingerprint density at radius 1 is 1.09 bits per heavy atom. The average Bonchev–Trinajstić information content (AvgIpc) is 3.10.